The van der Waals surface area contributed by atoms with Gasteiger partial charge < -0.3 is 10.2 Å². The first-order valence-corrected chi connectivity index (χ1v) is 7.47. The molecule has 4 nitrogen and oxygen atoms in total. The van der Waals surface area contributed by atoms with Crippen LogP contribution in [0.4, 0.5) is 0 Å². The van der Waals surface area contributed by atoms with Crippen molar-refractivity contribution < 1.29 is 4.79 Å². The Morgan fingerprint density at radius 3 is 2.95 bits per heavy atom. The van der Waals surface area contributed by atoms with Gasteiger partial charge >= 0.3 is 0 Å². The topological polar surface area (TPSA) is 44.7 Å². The van der Waals surface area contributed by atoms with Crippen molar-refractivity contribution >= 4 is 11.7 Å². The predicted octanol–water partition coefficient (Wildman–Crippen LogP) is 1.78. The largest absolute Gasteiger partial charge is 0.366 e. The van der Waals surface area contributed by atoms with Gasteiger partial charge in [-0.2, -0.15) is 0 Å². The third-order valence-electron chi connectivity index (χ3n) is 4.10. The van der Waals surface area contributed by atoms with Crippen molar-refractivity contribution in [1.29, 1.82) is 0 Å². The minimum atomic E-state index is 0.0744. The third kappa shape index (κ3) is 2.84. The fourth-order valence-corrected chi connectivity index (χ4v) is 2.93. The molecular weight excluding hydrogens is 250 g/mol. The molecule has 106 valence electrons. The van der Waals surface area contributed by atoms with Gasteiger partial charge in [0.2, 0.25) is 0 Å². The summed E-state index contributed by atoms with van der Waals surface area (Å²) in [6.45, 7) is 3.27. The molecule has 20 heavy (non-hydrogen) atoms. The Balaban J connectivity index is 1.65. The number of carbonyl (C=O) groups excluding carboxylic acids is 1. The molecule has 1 saturated heterocycles. The number of amidine groups is 1. The molecule has 1 amide bonds. The minimum Gasteiger partial charge on any atom is -0.366 e. The first-order chi connectivity index (χ1) is 9.84. The molecule has 1 fully saturated rings. The lowest BCUT2D eigenvalue weighted by molar-refractivity contribution is -0.123. The molecule has 1 N–H and O–H groups in total. The molecule has 1 atom stereocenters. The molecule has 2 heterocycles. The normalized spacial score (nSPS) is 22.9. The number of likely N-dealkylation sites (tertiary alicyclic amines) is 1. The molecule has 0 aliphatic carbocycles. The summed E-state index contributed by atoms with van der Waals surface area (Å²) in [7, 11) is 0. The summed E-state index contributed by atoms with van der Waals surface area (Å²) in [6, 6.07) is 10.5. The van der Waals surface area contributed by atoms with Gasteiger partial charge in [0.15, 0.2) is 5.84 Å². The zero-order valence-electron chi connectivity index (χ0n) is 11.7. The molecule has 0 radical (unpaired) electrons. The summed E-state index contributed by atoms with van der Waals surface area (Å²) in [5, 5.41) is 3.17. The van der Waals surface area contributed by atoms with Gasteiger partial charge in [0.25, 0.3) is 5.91 Å². The second-order valence-corrected chi connectivity index (χ2v) is 5.51. The summed E-state index contributed by atoms with van der Waals surface area (Å²) >= 11 is 0. The Hall–Kier alpha value is -1.84. The van der Waals surface area contributed by atoms with E-state index in [1.807, 2.05) is 11.0 Å². The summed E-state index contributed by atoms with van der Waals surface area (Å²) in [5.74, 6) is 1.10. The zero-order valence-corrected chi connectivity index (χ0v) is 11.7. The highest BCUT2D eigenvalue weighted by atomic mass is 16.2. The average Bonchev–Trinajstić information content (AvgIpc) is 2.83. The number of hydrogen-bond acceptors (Lipinski definition) is 3. The maximum Gasteiger partial charge on any atom is 0.288 e. The number of amides is 1. The predicted molar refractivity (Wildman–Crippen MR) is 79.9 cm³/mol. The van der Waals surface area contributed by atoms with Crippen LogP contribution in [-0.4, -0.2) is 42.8 Å². The number of benzene rings is 1. The van der Waals surface area contributed by atoms with Crippen LogP contribution < -0.4 is 5.32 Å². The van der Waals surface area contributed by atoms with Crippen LogP contribution >= 0.6 is 0 Å². The standard InChI is InChI=1S/C16H21N3O/c20-16(15-17-9-4-5-10-18-15)19-11-8-14(12-19)13-6-2-1-3-7-13/h1-3,6-7,14H,4-5,8-12H2,(H,17,18). The van der Waals surface area contributed by atoms with E-state index in [1.165, 1.54) is 5.56 Å². The van der Waals surface area contributed by atoms with Crippen LogP contribution in [0.15, 0.2) is 35.3 Å². The smallest absolute Gasteiger partial charge is 0.288 e. The summed E-state index contributed by atoms with van der Waals surface area (Å²) < 4.78 is 0. The molecule has 2 aliphatic heterocycles. The van der Waals surface area contributed by atoms with E-state index >= 15 is 0 Å². The van der Waals surface area contributed by atoms with E-state index in [0.29, 0.717) is 11.8 Å². The maximum atomic E-state index is 12.5. The number of rotatable bonds is 2. The maximum absolute atomic E-state index is 12.5. The van der Waals surface area contributed by atoms with Crippen molar-refractivity contribution in [3.05, 3.63) is 35.9 Å². The lowest BCUT2D eigenvalue weighted by Crippen LogP contribution is -2.42. The fraction of sp³-hybridized carbons (Fsp3) is 0.500. The van der Waals surface area contributed by atoms with Crippen molar-refractivity contribution in [1.82, 2.24) is 10.2 Å². The van der Waals surface area contributed by atoms with E-state index in [-0.39, 0.29) is 5.91 Å². The van der Waals surface area contributed by atoms with E-state index in [9.17, 15) is 4.79 Å². The van der Waals surface area contributed by atoms with Crippen LogP contribution in [0.5, 0.6) is 0 Å². The van der Waals surface area contributed by atoms with Crippen LogP contribution in [0, 0.1) is 0 Å². The Morgan fingerprint density at radius 2 is 2.10 bits per heavy atom. The molecule has 4 heteroatoms. The second-order valence-electron chi connectivity index (χ2n) is 5.51. The van der Waals surface area contributed by atoms with E-state index in [0.717, 1.165) is 45.4 Å². The molecule has 0 saturated carbocycles. The van der Waals surface area contributed by atoms with Gasteiger partial charge in [-0.15, -0.1) is 0 Å². The van der Waals surface area contributed by atoms with Crippen LogP contribution in [0.2, 0.25) is 0 Å². The molecule has 0 bridgehead atoms. The number of nitrogens with one attached hydrogen (secondary N) is 1. The highest BCUT2D eigenvalue weighted by Crippen LogP contribution is 2.26. The van der Waals surface area contributed by atoms with Crippen LogP contribution in [0.3, 0.4) is 0 Å². The summed E-state index contributed by atoms with van der Waals surface area (Å²) in [4.78, 5) is 18.8. The van der Waals surface area contributed by atoms with Crippen LogP contribution in [0.1, 0.15) is 30.7 Å². The molecule has 3 rings (SSSR count). The second kappa shape index (κ2) is 6.07. The van der Waals surface area contributed by atoms with E-state index in [2.05, 4.69) is 34.6 Å². The Labute approximate surface area is 119 Å². The fourth-order valence-electron chi connectivity index (χ4n) is 2.93. The van der Waals surface area contributed by atoms with Gasteiger partial charge in [-0.1, -0.05) is 30.3 Å². The lowest BCUT2D eigenvalue weighted by Gasteiger charge is -2.18. The first kappa shape index (κ1) is 13.2. The van der Waals surface area contributed by atoms with Gasteiger partial charge in [-0.25, -0.2) is 0 Å². The SMILES string of the molecule is O=C(C1=NCCCCN1)N1CCC(c2ccccc2)C1. The summed E-state index contributed by atoms with van der Waals surface area (Å²) in [6.07, 6.45) is 3.20. The molecule has 1 unspecified atom stereocenters. The zero-order chi connectivity index (χ0) is 13.8. The lowest BCUT2D eigenvalue weighted by atomic mass is 9.99. The molecule has 1 aromatic carbocycles. The Morgan fingerprint density at radius 1 is 1.25 bits per heavy atom. The molecule has 1 aromatic rings. The van der Waals surface area contributed by atoms with Gasteiger partial charge in [-0.05, 0) is 24.8 Å². The van der Waals surface area contributed by atoms with E-state index in [4.69, 9.17) is 0 Å². The van der Waals surface area contributed by atoms with Crippen molar-refractivity contribution in [3.8, 4) is 0 Å². The highest BCUT2D eigenvalue weighted by Gasteiger charge is 2.29. The molecule has 2 aliphatic rings. The van der Waals surface area contributed by atoms with E-state index < -0.39 is 0 Å². The number of carbonyl (C=O) groups is 1. The average molecular weight is 271 g/mol. The Bertz CT molecular complexity index is 498. The number of hydrogen-bond donors (Lipinski definition) is 1. The molecular formula is C16H21N3O. The van der Waals surface area contributed by atoms with Crippen molar-refractivity contribution in [2.75, 3.05) is 26.2 Å². The van der Waals surface area contributed by atoms with Gasteiger partial charge in [0, 0.05) is 32.1 Å². The van der Waals surface area contributed by atoms with Gasteiger partial charge in [-0.3, -0.25) is 9.79 Å². The third-order valence-corrected chi connectivity index (χ3v) is 4.10. The monoisotopic (exact) mass is 271 g/mol. The first-order valence-electron chi connectivity index (χ1n) is 7.47. The van der Waals surface area contributed by atoms with Crippen LogP contribution in [-0.2, 0) is 4.79 Å². The molecule has 0 spiro atoms. The van der Waals surface area contributed by atoms with Crippen molar-refractivity contribution in [2.24, 2.45) is 4.99 Å². The van der Waals surface area contributed by atoms with Crippen molar-refractivity contribution in [3.63, 3.8) is 0 Å². The van der Waals surface area contributed by atoms with Crippen LogP contribution in [0.25, 0.3) is 0 Å². The Kier molecular flexibility index (Phi) is 4.00. The quantitative estimate of drug-likeness (QED) is 0.891. The molecule has 0 aromatic heterocycles. The highest BCUT2D eigenvalue weighted by molar-refractivity contribution is 6.37. The summed E-state index contributed by atoms with van der Waals surface area (Å²) in [5.41, 5.74) is 1.33. The van der Waals surface area contributed by atoms with Gasteiger partial charge in [0.05, 0.1) is 0 Å². The van der Waals surface area contributed by atoms with Crippen molar-refractivity contribution in [2.45, 2.75) is 25.2 Å². The van der Waals surface area contributed by atoms with Gasteiger partial charge in [0.1, 0.15) is 0 Å². The minimum absolute atomic E-state index is 0.0744. The number of nitrogens with zero attached hydrogens (tertiary/aromatic N) is 2. The number of aliphatic imine (C=N–C) groups is 1. The van der Waals surface area contributed by atoms with E-state index in [1.54, 1.807) is 0 Å².